The fourth-order valence-corrected chi connectivity index (χ4v) is 3.76. The summed E-state index contributed by atoms with van der Waals surface area (Å²) in [6.45, 7) is -0.488. The summed E-state index contributed by atoms with van der Waals surface area (Å²) in [7, 11) is 1.55. The van der Waals surface area contributed by atoms with E-state index in [0.717, 1.165) is 10.5 Å². The molecule has 0 aliphatic carbocycles. The maximum atomic E-state index is 12.9. The molecule has 1 aliphatic heterocycles. The number of hydrogen-bond donors (Lipinski definition) is 1. The predicted molar refractivity (Wildman–Crippen MR) is 129 cm³/mol. The van der Waals surface area contributed by atoms with Crippen molar-refractivity contribution < 1.29 is 28.7 Å². The number of halogens is 2. The van der Waals surface area contributed by atoms with Gasteiger partial charge < -0.3 is 14.8 Å². The number of imide groups is 1. The van der Waals surface area contributed by atoms with E-state index in [1.54, 1.807) is 37.4 Å². The molecule has 178 valence electrons. The van der Waals surface area contributed by atoms with Crippen molar-refractivity contribution in [2.75, 3.05) is 19.0 Å². The van der Waals surface area contributed by atoms with Crippen molar-refractivity contribution in [1.29, 1.82) is 0 Å². The van der Waals surface area contributed by atoms with Gasteiger partial charge in [0.15, 0.2) is 6.61 Å². The minimum atomic E-state index is -0.814. The smallest absolute Gasteiger partial charge is 0.338 e. The van der Waals surface area contributed by atoms with Gasteiger partial charge in [0.2, 0.25) is 0 Å². The first-order valence-corrected chi connectivity index (χ1v) is 11.1. The van der Waals surface area contributed by atoms with E-state index in [0.29, 0.717) is 16.5 Å². The Morgan fingerprint density at radius 2 is 1.60 bits per heavy atom. The Balaban J connectivity index is 1.39. The number of nitrogens with one attached hydrogen (secondary N) is 1. The molecule has 3 aromatic carbocycles. The Morgan fingerprint density at radius 1 is 0.886 bits per heavy atom. The van der Waals surface area contributed by atoms with Crippen LogP contribution in [0.25, 0.3) is 0 Å². The maximum Gasteiger partial charge on any atom is 0.338 e. The van der Waals surface area contributed by atoms with E-state index in [1.807, 2.05) is 0 Å². The van der Waals surface area contributed by atoms with Gasteiger partial charge in [0.05, 0.1) is 40.4 Å². The second kappa shape index (κ2) is 10.2. The first-order valence-electron chi connectivity index (χ1n) is 10.3. The van der Waals surface area contributed by atoms with Gasteiger partial charge in [-0.1, -0.05) is 35.3 Å². The number of carbonyl (C=O) groups is 4. The second-order valence-corrected chi connectivity index (χ2v) is 8.37. The molecule has 3 aromatic rings. The summed E-state index contributed by atoms with van der Waals surface area (Å²) in [4.78, 5) is 51.3. The van der Waals surface area contributed by atoms with E-state index < -0.39 is 30.3 Å². The number of fused-ring (bicyclic) bond motifs is 1. The Morgan fingerprint density at radius 3 is 2.29 bits per heavy atom. The van der Waals surface area contributed by atoms with Crippen LogP contribution in [0.3, 0.4) is 0 Å². The zero-order valence-electron chi connectivity index (χ0n) is 18.3. The third-order valence-corrected chi connectivity index (χ3v) is 5.98. The molecule has 0 bridgehead atoms. The number of carbonyl (C=O) groups excluding carboxylic acids is 4. The quantitative estimate of drug-likeness (QED) is 0.366. The summed E-state index contributed by atoms with van der Waals surface area (Å²) < 4.78 is 10.2. The van der Waals surface area contributed by atoms with E-state index in [2.05, 4.69) is 5.32 Å². The van der Waals surface area contributed by atoms with Gasteiger partial charge >= 0.3 is 5.97 Å². The Labute approximate surface area is 210 Å². The lowest BCUT2D eigenvalue weighted by molar-refractivity contribution is -0.119. The molecule has 1 aliphatic rings. The molecule has 1 heterocycles. The summed E-state index contributed by atoms with van der Waals surface area (Å²) in [5, 5.41) is 3.14. The fourth-order valence-electron chi connectivity index (χ4n) is 3.46. The van der Waals surface area contributed by atoms with Gasteiger partial charge in [-0.3, -0.25) is 19.3 Å². The number of anilines is 1. The number of ether oxygens (including phenoxy) is 2. The molecule has 3 amide bonds. The molecule has 8 nitrogen and oxygen atoms in total. The molecule has 4 rings (SSSR count). The van der Waals surface area contributed by atoms with Crippen LogP contribution in [0.5, 0.6) is 5.75 Å². The molecule has 0 spiro atoms. The minimum Gasteiger partial charge on any atom is -0.497 e. The van der Waals surface area contributed by atoms with E-state index in [1.165, 1.54) is 30.3 Å². The normalized spacial score (nSPS) is 12.4. The van der Waals surface area contributed by atoms with E-state index >= 15 is 0 Å². The van der Waals surface area contributed by atoms with Gasteiger partial charge in [0.25, 0.3) is 17.7 Å². The van der Waals surface area contributed by atoms with Crippen LogP contribution in [0, 0.1) is 0 Å². The van der Waals surface area contributed by atoms with Crippen molar-refractivity contribution >= 4 is 52.6 Å². The monoisotopic (exact) mass is 512 g/mol. The van der Waals surface area contributed by atoms with Crippen molar-refractivity contribution in [3.8, 4) is 5.75 Å². The molecule has 0 saturated heterocycles. The lowest BCUT2D eigenvalue weighted by Gasteiger charge is -2.14. The van der Waals surface area contributed by atoms with Crippen molar-refractivity contribution in [3.05, 3.63) is 93.0 Å². The number of hydrogen-bond acceptors (Lipinski definition) is 6. The van der Waals surface area contributed by atoms with E-state index in [-0.39, 0.29) is 28.3 Å². The van der Waals surface area contributed by atoms with Crippen LogP contribution < -0.4 is 10.1 Å². The summed E-state index contributed by atoms with van der Waals surface area (Å²) in [5.74, 6) is -1.72. The van der Waals surface area contributed by atoms with Crippen molar-refractivity contribution in [3.63, 3.8) is 0 Å². The number of methoxy groups -OCH3 is 1. The summed E-state index contributed by atoms with van der Waals surface area (Å²) in [6.07, 6.45) is 0. The Bertz CT molecular complexity index is 1340. The highest BCUT2D eigenvalue weighted by atomic mass is 35.5. The zero-order chi connectivity index (χ0) is 25.1. The predicted octanol–water partition coefficient (Wildman–Crippen LogP) is 4.59. The lowest BCUT2D eigenvalue weighted by Crippen LogP contribution is -2.29. The fraction of sp³-hybridized carbons (Fsp3) is 0.120. The molecule has 35 heavy (non-hydrogen) atoms. The molecule has 0 unspecified atom stereocenters. The minimum absolute atomic E-state index is 0.0403. The third-order valence-electron chi connectivity index (χ3n) is 5.24. The topological polar surface area (TPSA) is 102 Å². The Hall–Kier alpha value is -3.88. The maximum absolute atomic E-state index is 12.9. The average molecular weight is 513 g/mol. The molecule has 0 fully saturated rings. The van der Waals surface area contributed by atoms with Crippen LogP contribution in [-0.4, -0.2) is 42.3 Å². The molecular weight excluding hydrogens is 495 g/mol. The first kappa shape index (κ1) is 24.3. The van der Waals surface area contributed by atoms with Crippen molar-refractivity contribution in [2.24, 2.45) is 0 Å². The van der Waals surface area contributed by atoms with Gasteiger partial charge in [-0.25, -0.2) is 4.79 Å². The van der Waals surface area contributed by atoms with Crippen LogP contribution in [0.4, 0.5) is 5.69 Å². The second-order valence-electron chi connectivity index (χ2n) is 7.56. The number of nitrogens with zero attached hydrogens (tertiary/aromatic N) is 1. The molecule has 10 heteroatoms. The van der Waals surface area contributed by atoms with Gasteiger partial charge in [0, 0.05) is 5.69 Å². The molecule has 1 N–H and O–H groups in total. The van der Waals surface area contributed by atoms with Gasteiger partial charge in [-0.2, -0.15) is 0 Å². The molecule has 0 radical (unpaired) electrons. The van der Waals surface area contributed by atoms with Crippen LogP contribution >= 0.6 is 23.2 Å². The van der Waals surface area contributed by atoms with Crippen LogP contribution in [0.2, 0.25) is 10.0 Å². The van der Waals surface area contributed by atoms with E-state index in [4.69, 9.17) is 32.7 Å². The zero-order valence-corrected chi connectivity index (χ0v) is 19.9. The first-order chi connectivity index (χ1) is 16.8. The van der Waals surface area contributed by atoms with Crippen molar-refractivity contribution in [1.82, 2.24) is 4.90 Å². The lowest BCUT2D eigenvalue weighted by atomic mass is 10.1. The summed E-state index contributed by atoms with van der Waals surface area (Å²) in [6, 6.07) is 15.6. The van der Waals surface area contributed by atoms with Crippen LogP contribution in [-0.2, 0) is 16.1 Å². The van der Waals surface area contributed by atoms with Gasteiger partial charge in [-0.15, -0.1) is 0 Å². The third kappa shape index (κ3) is 5.29. The number of amides is 3. The molecular formula is C25H18Cl2N2O6. The molecule has 0 aromatic heterocycles. The average Bonchev–Trinajstić information content (AvgIpc) is 3.09. The summed E-state index contributed by atoms with van der Waals surface area (Å²) >= 11 is 11.8. The number of benzene rings is 3. The molecule has 0 saturated carbocycles. The van der Waals surface area contributed by atoms with Crippen LogP contribution in [0.1, 0.15) is 36.6 Å². The highest BCUT2D eigenvalue weighted by Gasteiger charge is 2.36. The standard InChI is InChI=1S/C25H18Cl2N2O6/c1-34-17-6-2-14(3-7-17)12-29-23(31)18-8-4-15(10-19(18)24(29)32)25(33)35-13-22(30)28-16-5-9-20(26)21(27)11-16/h2-11H,12-13H2,1H3,(H,28,30). The molecule has 0 atom stereocenters. The highest BCUT2D eigenvalue weighted by Crippen LogP contribution is 2.27. The summed E-state index contributed by atoms with van der Waals surface area (Å²) in [5.41, 5.74) is 1.46. The van der Waals surface area contributed by atoms with Gasteiger partial charge in [0.1, 0.15) is 5.75 Å². The SMILES string of the molecule is COc1ccc(CN2C(=O)c3ccc(C(=O)OCC(=O)Nc4ccc(Cl)c(Cl)c4)cc3C2=O)cc1. The number of rotatable bonds is 7. The van der Waals surface area contributed by atoms with Crippen LogP contribution in [0.15, 0.2) is 60.7 Å². The highest BCUT2D eigenvalue weighted by molar-refractivity contribution is 6.42. The Kier molecular flexibility index (Phi) is 7.04. The largest absolute Gasteiger partial charge is 0.497 e. The van der Waals surface area contributed by atoms with Crippen molar-refractivity contribution in [2.45, 2.75) is 6.54 Å². The van der Waals surface area contributed by atoms with Gasteiger partial charge in [-0.05, 0) is 54.1 Å². The number of esters is 1. The van der Waals surface area contributed by atoms with E-state index in [9.17, 15) is 19.2 Å².